The molecule has 0 bridgehead atoms. The number of nitrogens with zero attached hydrogens (tertiary/aromatic N) is 3. The molecule has 4 aromatic carbocycles. The first-order valence-electron chi connectivity index (χ1n) is 12.5. The predicted molar refractivity (Wildman–Crippen MR) is 165 cm³/mol. The zero-order valence-corrected chi connectivity index (χ0v) is 26.2. The van der Waals surface area contributed by atoms with E-state index in [-0.39, 0.29) is 16.6 Å². The number of carboxylic acids is 1. The van der Waals surface area contributed by atoms with Crippen LogP contribution in [0.25, 0.3) is 10.6 Å². The van der Waals surface area contributed by atoms with Crippen LogP contribution in [-0.2, 0) is 16.8 Å². The van der Waals surface area contributed by atoms with Crippen molar-refractivity contribution in [3.63, 3.8) is 0 Å². The van der Waals surface area contributed by atoms with Gasteiger partial charge in [-0.25, -0.2) is 14.5 Å². The summed E-state index contributed by atoms with van der Waals surface area (Å²) < 4.78 is 47.4. The summed E-state index contributed by atoms with van der Waals surface area (Å²) in [5, 5.41) is 15.1. The molecule has 0 aliphatic carbocycles. The Balaban J connectivity index is 1.52. The van der Waals surface area contributed by atoms with Crippen molar-refractivity contribution < 1.29 is 37.8 Å². The standard InChI is InChI=1S/C29H20BrClF2N3O6PS/c30-25-13-17(7-12-24(25)29(32,33)43(39,40)41)16-36-28(34-21-10-8-20(31)9-11-21)44-26(35-36)18-3-1-5-22(14-18)42-23-6-2-4-19(15-23)27(37)38/h1-15H,16H2,(H,37,38)(H2,39,40,41). The van der Waals surface area contributed by atoms with Crippen LogP contribution >= 0.6 is 46.5 Å². The zero-order chi connectivity index (χ0) is 31.6. The molecule has 5 aromatic rings. The first-order chi connectivity index (χ1) is 20.8. The van der Waals surface area contributed by atoms with Crippen LogP contribution in [-0.4, -0.2) is 30.6 Å². The van der Waals surface area contributed by atoms with Gasteiger partial charge in [0.1, 0.15) is 16.5 Å². The highest BCUT2D eigenvalue weighted by atomic mass is 79.9. The Labute approximate surface area is 266 Å². The quantitative estimate of drug-likeness (QED) is 0.131. The number of aromatic nitrogens is 2. The second-order valence-electron chi connectivity index (χ2n) is 9.30. The third kappa shape index (κ3) is 7.15. The molecular formula is C29H20BrClF2N3O6PS. The van der Waals surface area contributed by atoms with Crippen molar-refractivity contribution in [1.82, 2.24) is 9.78 Å². The number of ether oxygens (including phenoxy) is 1. The molecule has 0 spiro atoms. The van der Waals surface area contributed by atoms with Gasteiger partial charge >= 0.3 is 19.2 Å². The Hall–Kier alpha value is -3.71. The normalized spacial score (nSPS) is 12.4. The Kier molecular flexibility index (Phi) is 9.17. The van der Waals surface area contributed by atoms with E-state index in [1.807, 2.05) is 6.07 Å². The molecule has 15 heteroatoms. The van der Waals surface area contributed by atoms with Crippen molar-refractivity contribution >= 4 is 58.1 Å². The van der Waals surface area contributed by atoms with E-state index in [2.05, 4.69) is 15.9 Å². The van der Waals surface area contributed by atoms with Gasteiger partial charge in [-0.3, -0.25) is 4.57 Å². The molecule has 226 valence electrons. The van der Waals surface area contributed by atoms with Crippen molar-refractivity contribution in [3.05, 3.63) is 122 Å². The number of hydrogen-bond acceptors (Lipinski definition) is 6. The van der Waals surface area contributed by atoms with Crippen molar-refractivity contribution in [2.75, 3.05) is 0 Å². The van der Waals surface area contributed by atoms with Crippen LogP contribution in [0.4, 0.5) is 14.5 Å². The Morgan fingerprint density at radius 1 is 1.02 bits per heavy atom. The molecule has 0 radical (unpaired) electrons. The summed E-state index contributed by atoms with van der Waals surface area (Å²) in [6.45, 7) is 0.0848. The number of alkyl halides is 2. The molecule has 0 aliphatic heterocycles. The van der Waals surface area contributed by atoms with E-state index >= 15 is 0 Å². The summed E-state index contributed by atoms with van der Waals surface area (Å²) in [6.07, 6.45) is 0. The number of hydrogen-bond donors (Lipinski definition) is 3. The number of benzene rings is 4. The molecule has 1 aromatic heterocycles. The molecule has 44 heavy (non-hydrogen) atoms. The van der Waals surface area contributed by atoms with Gasteiger partial charge in [-0.1, -0.05) is 69.2 Å². The molecule has 0 unspecified atom stereocenters. The van der Waals surface area contributed by atoms with Gasteiger partial charge in [-0.05, 0) is 66.2 Å². The van der Waals surface area contributed by atoms with Crippen LogP contribution in [0.1, 0.15) is 21.5 Å². The van der Waals surface area contributed by atoms with Gasteiger partial charge in [0, 0.05) is 20.6 Å². The number of aromatic carboxylic acids is 1. The summed E-state index contributed by atoms with van der Waals surface area (Å²) in [5.74, 6) is -0.299. The molecule has 0 aliphatic rings. The third-order valence-corrected chi connectivity index (χ3v) is 9.00. The van der Waals surface area contributed by atoms with Crippen molar-refractivity contribution in [1.29, 1.82) is 0 Å². The summed E-state index contributed by atoms with van der Waals surface area (Å²) in [6, 6.07) is 23.6. The minimum absolute atomic E-state index is 0.0817. The van der Waals surface area contributed by atoms with E-state index in [4.69, 9.17) is 36.2 Å². The fourth-order valence-corrected chi connectivity index (χ4v) is 6.37. The van der Waals surface area contributed by atoms with Crippen LogP contribution in [0.3, 0.4) is 0 Å². The molecule has 9 nitrogen and oxygen atoms in total. The van der Waals surface area contributed by atoms with Crippen LogP contribution < -0.4 is 9.54 Å². The maximum atomic E-state index is 14.4. The smallest absolute Gasteiger partial charge is 0.399 e. The van der Waals surface area contributed by atoms with Gasteiger partial charge in [0.15, 0.2) is 0 Å². The molecule has 0 fully saturated rings. The SMILES string of the molecule is O=C(O)c1cccc(Oc2cccc(-c3nn(Cc4ccc(C(F)(F)P(=O)(O)O)c(Br)c4)c(=Nc4ccc(Cl)cc4)s3)c2)c1. The lowest BCUT2D eigenvalue weighted by molar-refractivity contribution is 0.0557. The van der Waals surface area contributed by atoms with Crippen LogP contribution in [0.2, 0.25) is 5.02 Å². The fraction of sp³-hybridized carbons (Fsp3) is 0.0690. The summed E-state index contributed by atoms with van der Waals surface area (Å²) in [4.78, 5) is 34.8. The Bertz CT molecular complexity index is 1980. The molecular weight excluding hydrogens is 703 g/mol. The fourth-order valence-electron chi connectivity index (χ4n) is 3.99. The molecule has 5 rings (SSSR count). The van der Waals surface area contributed by atoms with Crippen LogP contribution in [0.5, 0.6) is 11.5 Å². The highest BCUT2D eigenvalue weighted by Crippen LogP contribution is 2.60. The Morgan fingerprint density at radius 2 is 1.70 bits per heavy atom. The summed E-state index contributed by atoms with van der Waals surface area (Å²) in [7, 11) is -5.75. The van der Waals surface area contributed by atoms with E-state index < -0.39 is 24.8 Å². The van der Waals surface area contributed by atoms with E-state index in [0.717, 1.165) is 6.07 Å². The van der Waals surface area contributed by atoms with E-state index in [9.17, 15) is 23.2 Å². The Morgan fingerprint density at radius 3 is 2.36 bits per heavy atom. The van der Waals surface area contributed by atoms with Crippen molar-refractivity contribution in [2.45, 2.75) is 12.2 Å². The third-order valence-electron chi connectivity index (χ3n) is 6.13. The summed E-state index contributed by atoms with van der Waals surface area (Å²) in [5.41, 5.74) is -3.36. The number of rotatable bonds is 9. The van der Waals surface area contributed by atoms with Gasteiger partial charge in [-0.2, -0.15) is 13.9 Å². The minimum Gasteiger partial charge on any atom is -0.478 e. The molecule has 0 saturated heterocycles. The monoisotopic (exact) mass is 721 g/mol. The lowest BCUT2D eigenvalue weighted by Gasteiger charge is -2.19. The highest BCUT2D eigenvalue weighted by molar-refractivity contribution is 9.10. The van der Waals surface area contributed by atoms with Crippen molar-refractivity contribution in [3.8, 4) is 22.1 Å². The van der Waals surface area contributed by atoms with E-state index in [1.54, 1.807) is 59.3 Å². The number of carboxylic acid groups (broad SMARTS) is 1. The maximum absolute atomic E-state index is 14.4. The largest absolute Gasteiger partial charge is 0.478 e. The lowest BCUT2D eigenvalue weighted by atomic mass is 10.1. The molecule has 1 heterocycles. The van der Waals surface area contributed by atoms with E-state index in [1.165, 1.54) is 35.6 Å². The predicted octanol–water partition coefficient (Wildman–Crippen LogP) is 8.03. The first kappa shape index (κ1) is 31.7. The average Bonchev–Trinajstić information content (AvgIpc) is 3.35. The van der Waals surface area contributed by atoms with E-state index in [0.29, 0.717) is 43.1 Å². The number of carbonyl (C=O) groups is 1. The molecule has 0 amide bonds. The lowest BCUT2D eigenvalue weighted by Crippen LogP contribution is -2.18. The zero-order valence-electron chi connectivity index (χ0n) is 22.1. The molecule has 3 N–H and O–H groups in total. The second-order valence-corrected chi connectivity index (χ2v) is 13.2. The van der Waals surface area contributed by atoms with Crippen LogP contribution in [0, 0.1) is 0 Å². The maximum Gasteiger partial charge on any atom is 0.399 e. The number of halogens is 4. The molecule has 0 saturated carbocycles. The average molecular weight is 723 g/mol. The van der Waals surface area contributed by atoms with Gasteiger partial charge < -0.3 is 19.6 Å². The van der Waals surface area contributed by atoms with Gasteiger partial charge in [0.2, 0.25) is 4.80 Å². The first-order valence-corrected chi connectivity index (χ1v) is 16.1. The van der Waals surface area contributed by atoms with Crippen LogP contribution in [0.15, 0.2) is 100 Å². The molecule has 0 atom stereocenters. The van der Waals surface area contributed by atoms with Gasteiger partial charge in [-0.15, -0.1) is 0 Å². The topological polar surface area (TPSA) is 134 Å². The summed E-state index contributed by atoms with van der Waals surface area (Å²) >= 11 is 10.3. The van der Waals surface area contributed by atoms with Gasteiger partial charge in [0.05, 0.1) is 17.8 Å². The second kappa shape index (κ2) is 12.7. The van der Waals surface area contributed by atoms with Crippen molar-refractivity contribution in [2.24, 2.45) is 4.99 Å². The van der Waals surface area contributed by atoms with Gasteiger partial charge in [0.25, 0.3) is 0 Å². The minimum atomic E-state index is -5.75. The highest BCUT2D eigenvalue weighted by Gasteiger charge is 2.51.